The van der Waals surface area contributed by atoms with Gasteiger partial charge in [0.1, 0.15) is 6.54 Å². The van der Waals surface area contributed by atoms with Gasteiger partial charge in [0.2, 0.25) is 12.7 Å². The first-order chi connectivity index (χ1) is 14.8. The van der Waals surface area contributed by atoms with Crippen molar-refractivity contribution in [2.75, 3.05) is 13.3 Å². The second kappa shape index (κ2) is 10.7. The van der Waals surface area contributed by atoms with Crippen molar-refractivity contribution < 1.29 is 33.8 Å². The molecule has 32 heavy (non-hydrogen) atoms. The second-order valence-electron chi connectivity index (χ2n) is 8.70. The van der Waals surface area contributed by atoms with E-state index in [0.717, 1.165) is 11.8 Å². The molecular formula is C22H28ClNO7S. The van der Waals surface area contributed by atoms with E-state index in [0.29, 0.717) is 9.92 Å². The molecule has 0 aliphatic carbocycles. The van der Waals surface area contributed by atoms with Crippen LogP contribution in [0.4, 0.5) is 0 Å². The molecule has 0 aromatic heterocycles. The Bertz CT molecular complexity index is 866. The average Bonchev–Trinajstić information content (AvgIpc) is 2.69. The summed E-state index contributed by atoms with van der Waals surface area (Å²) >= 11 is 6.87. The van der Waals surface area contributed by atoms with E-state index in [4.69, 9.17) is 21.1 Å². The minimum Gasteiger partial charge on any atom is -0.427 e. The number of carbonyl (C=O) groups excluding carboxylic acids is 4. The Kier molecular flexibility index (Phi) is 8.73. The number of hydrogen-bond donors (Lipinski definition) is 1. The van der Waals surface area contributed by atoms with E-state index in [1.54, 1.807) is 52.0 Å². The Morgan fingerprint density at radius 3 is 2.28 bits per heavy atom. The Morgan fingerprint density at radius 2 is 1.75 bits per heavy atom. The topological polar surface area (TPSA) is 110 Å². The molecule has 1 aliphatic heterocycles. The van der Waals surface area contributed by atoms with E-state index < -0.39 is 60.6 Å². The number of β-lactam (4-membered cyclic amide) rings is 1. The average molecular weight is 486 g/mol. The summed E-state index contributed by atoms with van der Waals surface area (Å²) in [6.07, 6.45) is -0.983. The molecule has 4 atom stereocenters. The number of thioether (sulfide) groups is 1. The highest BCUT2D eigenvalue weighted by Gasteiger charge is 2.54. The maximum Gasteiger partial charge on any atom is 0.328 e. The van der Waals surface area contributed by atoms with Crippen molar-refractivity contribution in [3.8, 4) is 0 Å². The van der Waals surface area contributed by atoms with E-state index in [1.807, 2.05) is 0 Å². The molecule has 10 heteroatoms. The lowest BCUT2D eigenvalue weighted by Crippen LogP contribution is -2.68. The summed E-state index contributed by atoms with van der Waals surface area (Å²) in [5.74, 6) is -3.20. The summed E-state index contributed by atoms with van der Waals surface area (Å²) in [7, 11) is 0. The van der Waals surface area contributed by atoms with Crippen LogP contribution in [-0.2, 0) is 28.7 Å². The molecule has 0 radical (unpaired) electrons. The van der Waals surface area contributed by atoms with Crippen molar-refractivity contribution in [3.05, 3.63) is 29.3 Å². The molecule has 1 heterocycles. The van der Waals surface area contributed by atoms with Crippen molar-refractivity contribution in [1.29, 1.82) is 0 Å². The Balaban J connectivity index is 2.00. The van der Waals surface area contributed by atoms with Gasteiger partial charge in [0.05, 0.1) is 23.5 Å². The minimum absolute atomic E-state index is 0.215. The number of halogens is 1. The lowest BCUT2D eigenvalue weighted by Gasteiger charge is -2.50. The zero-order valence-electron chi connectivity index (χ0n) is 18.7. The highest BCUT2D eigenvalue weighted by Crippen LogP contribution is 2.37. The fourth-order valence-corrected chi connectivity index (χ4v) is 4.21. The molecular weight excluding hydrogens is 458 g/mol. The SMILES string of the molecule is CC(C(=O)Sc1ccc(Cl)cc1)[C@@H]1[C@H]([C@@H](C)O)C(=O)N1CC(=O)OCOC(=O)C(C)(C)C. The summed E-state index contributed by atoms with van der Waals surface area (Å²) in [6, 6.07) is 6.09. The highest BCUT2D eigenvalue weighted by molar-refractivity contribution is 8.13. The van der Waals surface area contributed by atoms with Crippen molar-refractivity contribution >= 4 is 46.3 Å². The summed E-state index contributed by atoms with van der Waals surface area (Å²) in [5.41, 5.74) is -0.743. The third-order valence-corrected chi connectivity index (χ3v) is 6.39. The molecule has 1 aromatic carbocycles. The standard InChI is InChI=1S/C22H28ClNO7S/c1-12(20(28)32-15-8-6-14(23)7-9-15)18-17(13(2)25)19(27)24(18)10-16(26)30-11-31-21(29)22(3,4)5/h6-9,12-13,17-18,25H,10-11H2,1-5H3/t12?,13-,17+,18-/m1/s1. The third-order valence-electron chi connectivity index (χ3n) is 5.05. The molecule has 0 spiro atoms. The van der Waals surface area contributed by atoms with Gasteiger partial charge in [0.25, 0.3) is 0 Å². The molecule has 1 saturated heterocycles. The zero-order chi connectivity index (χ0) is 24.2. The number of benzene rings is 1. The van der Waals surface area contributed by atoms with Gasteiger partial charge in [-0.3, -0.25) is 19.2 Å². The van der Waals surface area contributed by atoms with Crippen LogP contribution in [0.3, 0.4) is 0 Å². The van der Waals surface area contributed by atoms with Crippen LogP contribution in [0.25, 0.3) is 0 Å². The molecule has 2 rings (SSSR count). The first-order valence-electron chi connectivity index (χ1n) is 10.1. The lowest BCUT2D eigenvalue weighted by atomic mass is 9.77. The van der Waals surface area contributed by atoms with Gasteiger partial charge in [-0.05, 0) is 52.0 Å². The Labute approximate surface area is 196 Å². The number of hydrogen-bond acceptors (Lipinski definition) is 8. The maximum atomic E-state index is 12.8. The monoisotopic (exact) mass is 485 g/mol. The van der Waals surface area contributed by atoms with Crippen molar-refractivity contribution in [3.63, 3.8) is 0 Å². The first-order valence-corrected chi connectivity index (χ1v) is 11.3. The highest BCUT2D eigenvalue weighted by atomic mass is 35.5. The van der Waals surface area contributed by atoms with Gasteiger partial charge in [-0.25, -0.2) is 0 Å². The fraction of sp³-hybridized carbons (Fsp3) is 0.545. The van der Waals surface area contributed by atoms with Crippen LogP contribution in [0, 0.1) is 17.3 Å². The first kappa shape index (κ1) is 26.2. The molecule has 8 nitrogen and oxygen atoms in total. The number of rotatable bonds is 8. The molecule has 1 fully saturated rings. The Morgan fingerprint density at radius 1 is 1.16 bits per heavy atom. The van der Waals surface area contributed by atoms with Crippen LogP contribution in [0.5, 0.6) is 0 Å². The van der Waals surface area contributed by atoms with Crippen molar-refractivity contribution in [2.45, 2.75) is 51.7 Å². The van der Waals surface area contributed by atoms with Crippen LogP contribution in [0.1, 0.15) is 34.6 Å². The van der Waals surface area contributed by atoms with Gasteiger partial charge in [0, 0.05) is 15.8 Å². The number of nitrogens with zero attached hydrogens (tertiary/aromatic N) is 1. The van der Waals surface area contributed by atoms with Crippen LogP contribution in [0.2, 0.25) is 5.02 Å². The molecule has 0 saturated carbocycles. The van der Waals surface area contributed by atoms with Crippen LogP contribution >= 0.6 is 23.4 Å². The fourth-order valence-electron chi connectivity index (χ4n) is 3.25. The van der Waals surface area contributed by atoms with Crippen LogP contribution in [0.15, 0.2) is 29.2 Å². The smallest absolute Gasteiger partial charge is 0.328 e. The maximum absolute atomic E-state index is 12.8. The van der Waals surface area contributed by atoms with Gasteiger partial charge < -0.3 is 19.5 Å². The Hall–Kier alpha value is -2.10. The predicted octanol–water partition coefficient (Wildman–Crippen LogP) is 2.89. The van der Waals surface area contributed by atoms with Crippen LogP contribution in [-0.4, -0.2) is 58.5 Å². The number of ether oxygens (including phenoxy) is 2. The largest absolute Gasteiger partial charge is 0.427 e. The molecule has 1 amide bonds. The molecule has 176 valence electrons. The van der Waals surface area contributed by atoms with Crippen LogP contribution < -0.4 is 0 Å². The van der Waals surface area contributed by atoms with Crippen molar-refractivity contribution in [1.82, 2.24) is 4.90 Å². The van der Waals surface area contributed by atoms with E-state index in [9.17, 15) is 24.3 Å². The number of amides is 1. The number of carbonyl (C=O) groups is 4. The third kappa shape index (κ3) is 6.46. The predicted molar refractivity (Wildman–Crippen MR) is 119 cm³/mol. The molecule has 1 aliphatic rings. The molecule has 1 aromatic rings. The van der Waals surface area contributed by atoms with E-state index in [-0.39, 0.29) is 5.12 Å². The van der Waals surface area contributed by atoms with Crippen molar-refractivity contribution in [2.24, 2.45) is 17.3 Å². The van der Waals surface area contributed by atoms with E-state index >= 15 is 0 Å². The number of aliphatic hydroxyl groups is 1. The number of aliphatic hydroxyl groups excluding tert-OH is 1. The summed E-state index contributed by atoms with van der Waals surface area (Å²) < 4.78 is 9.80. The number of esters is 2. The normalized spacial score (nSPS) is 20.2. The molecule has 1 unspecified atom stereocenters. The van der Waals surface area contributed by atoms with E-state index in [2.05, 4.69) is 0 Å². The quantitative estimate of drug-likeness (QED) is 0.259. The second-order valence-corrected chi connectivity index (χ2v) is 10.2. The van der Waals surface area contributed by atoms with Gasteiger partial charge in [0.15, 0.2) is 5.12 Å². The van der Waals surface area contributed by atoms with Gasteiger partial charge in [-0.2, -0.15) is 0 Å². The molecule has 0 bridgehead atoms. The summed E-state index contributed by atoms with van der Waals surface area (Å²) in [4.78, 5) is 51.2. The van der Waals surface area contributed by atoms with Gasteiger partial charge >= 0.3 is 11.9 Å². The minimum atomic E-state index is -0.983. The van der Waals surface area contributed by atoms with E-state index in [1.165, 1.54) is 11.8 Å². The lowest BCUT2D eigenvalue weighted by molar-refractivity contribution is -0.183. The van der Waals surface area contributed by atoms with Gasteiger partial charge in [-0.1, -0.05) is 30.3 Å². The number of likely N-dealkylation sites (tertiary alicyclic amines) is 1. The molecule has 1 N–H and O–H groups in total. The zero-order valence-corrected chi connectivity index (χ0v) is 20.2. The van der Waals surface area contributed by atoms with Gasteiger partial charge in [-0.15, -0.1) is 0 Å². The summed E-state index contributed by atoms with van der Waals surface area (Å²) in [5, 5.41) is 10.4. The summed E-state index contributed by atoms with van der Waals surface area (Å²) in [6.45, 7) is 7.14.